The van der Waals surface area contributed by atoms with Crippen LogP contribution in [0, 0.1) is 11.3 Å². The first kappa shape index (κ1) is 23.2. The summed E-state index contributed by atoms with van der Waals surface area (Å²) in [6.45, 7) is 5.56. The number of nitrogens with one attached hydrogen (secondary N) is 2. The van der Waals surface area contributed by atoms with Crippen LogP contribution in [0.1, 0.15) is 48.3 Å². The van der Waals surface area contributed by atoms with Crippen LogP contribution in [-0.4, -0.2) is 33.1 Å². The van der Waals surface area contributed by atoms with Crippen LogP contribution in [0.15, 0.2) is 59.8 Å². The number of carbonyl (C=O) groups is 1. The van der Waals surface area contributed by atoms with E-state index in [1.807, 2.05) is 31.3 Å². The number of nitrogens with zero attached hydrogens (tertiary/aromatic N) is 3. The third kappa shape index (κ3) is 5.82. The number of carbonyl (C=O) groups excluding carboxylic acids is 1. The van der Waals surface area contributed by atoms with Gasteiger partial charge in [-0.05, 0) is 30.2 Å². The number of benzene rings is 1. The molecule has 2 aromatic heterocycles. The van der Waals surface area contributed by atoms with Gasteiger partial charge in [0, 0.05) is 36.6 Å². The average Bonchev–Trinajstić information content (AvgIpc) is 2.81. The third-order valence-electron chi connectivity index (χ3n) is 5.43. The number of rotatable bonds is 10. The number of hydrogen-bond donors (Lipinski definition) is 2. The Bertz CT molecular complexity index is 1150. The monoisotopic (exact) mass is 431 g/mol. The Morgan fingerprint density at radius 1 is 1.16 bits per heavy atom. The lowest BCUT2D eigenvalue weighted by Gasteiger charge is -2.12. The number of Topliss-reactive ketones (excluding diaryl/α,β-unsaturated/α-hetero) is 1. The summed E-state index contributed by atoms with van der Waals surface area (Å²) in [5.74, 6) is 0.108. The molecule has 3 rings (SSSR count). The lowest BCUT2D eigenvalue weighted by atomic mass is 10.0. The number of aromatic nitrogens is 3. The molecule has 0 aliphatic carbocycles. The standard InChI is InChI=1S/C25H29N5O2/c1-4-17(2)15-30-16-20(9-10-25(30)32)22-13-28-14-23(29-22)24(31)11-21(26)19-7-5-18(6-8-19)12-27-3/h5-10,13-14,16-17,26-27H,4,11-12,15H2,1-3H3/t17-/m0/s1. The van der Waals surface area contributed by atoms with E-state index in [2.05, 4.69) is 29.1 Å². The van der Waals surface area contributed by atoms with Gasteiger partial charge in [-0.25, -0.2) is 4.98 Å². The molecule has 0 amide bonds. The van der Waals surface area contributed by atoms with Crippen molar-refractivity contribution in [1.82, 2.24) is 19.9 Å². The Balaban J connectivity index is 1.77. The van der Waals surface area contributed by atoms with Gasteiger partial charge in [0.25, 0.3) is 5.56 Å². The van der Waals surface area contributed by atoms with E-state index in [0.29, 0.717) is 23.7 Å². The SMILES string of the molecule is CC[C@H](C)Cn1cc(-c2cncc(C(=O)CC(=N)c3ccc(CNC)cc3)n2)ccc1=O. The van der Waals surface area contributed by atoms with Gasteiger partial charge >= 0.3 is 0 Å². The maximum atomic E-state index is 12.8. The van der Waals surface area contributed by atoms with Gasteiger partial charge in [0.05, 0.1) is 24.5 Å². The molecule has 0 unspecified atom stereocenters. The van der Waals surface area contributed by atoms with Crippen LogP contribution < -0.4 is 10.9 Å². The highest BCUT2D eigenvalue weighted by molar-refractivity contribution is 6.13. The number of hydrogen-bond acceptors (Lipinski definition) is 6. The average molecular weight is 432 g/mol. The molecule has 7 heteroatoms. The Hall–Kier alpha value is -3.45. The summed E-state index contributed by atoms with van der Waals surface area (Å²) in [5.41, 5.74) is 3.45. The summed E-state index contributed by atoms with van der Waals surface area (Å²) in [6, 6.07) is 10.8. The van der Waals surface area contributed by atoms with Crippen LogP contribution in [0.25, 0.3) is 11.3 Å². The molecule has 0 spiro atoms. The van der Waals surface area contributed by atoms with Gasteiger partial charge in [0.1, 0.15) is 5.69 Å². The first-order valence-electron chi connectivity index (χ1n) is 10.8. The van der Waals surface area contributed by atoms with Crippen LogP contribution in [0.3, 0.4) is 0 Å². The molecular weight excluding hydrogens is 402 g/mol. The highest BCUT2D eigenvalue weighted by Crippen LogP contribution is 2.17. The molecule has 166 valence electrons. The predicted molar refractivity (Wildman–Crippen MR) is 126 cm³/mol. The molecule has 2 N–H and O–H groups in total. The fourth-order valence-corrected chi connectivity index (χ4v) is 3.31. The zero-order valence-corrected chi connectivity index (χ0v) is 18.8. The molecule has 2 heterocycles. The molecule has 0 saturated heterocycles. The molecule has 0 aliphatic heterocycles. The van der Waals surface area contributed by atoms with Gasteiger partial charge in [0.15, 0.2) is 5.78 Å². The Morgan fingerprint density at radius 2 is 1.91 bits per heavy atom. The van der Waals surface area contributed by atoms with Gasteiger partial charge in [-0.1, -0.05) is 44.5 Å². The van der Waals surface area contributed by atoms with Gasteiger partial charge in [-0.2, -0.15) is 0 Å². The van der Waals surface area contributed by atoms with Crippen molar-refractivity contribution in [2.45, 2.75) is 39.8 Å². The van der Waals surface area contributed by atoms with Crippen molar-refractivity contribution in [1.29, 1.82) is 5.41 Å². The third-order valence-corrected chi connectivity index (χ3v) is 5.43. The van der Waals surface area contributed by atoms with Crippen LogP contribution in [0.5, 0.6) is 0 Å². The second kappa shape index (κ2) is 10.7. The van der Waals surface area contributed by atoms with E-state index in [4.69, 9.17) is 5.41 Å². The molecule has 1 atom stereocenters. The van der Waals surface area contributed by atoms with E-state index in [1.54, 1.807) is 23.0 Å². The zero-order valence-electron chi connectivity index (χ0n) is 18.8. The van der Waals surface area contributed by atoms with E-state index in [-0.39, 0.29) is 29.2 Å². The number of pyridine rings is 1. The van der Waals surface area contributed by atoms with Crippen molar-refractivity contribution in [2.24, 2.45) is 5.92 Å². The van der Waals surface area contributed by atoms with E-state index >= 15 is 0 Å². The molecule has 32 heavy (non-hydrogen) atoms. The molecular formula is C25H29N5O2. The van der Waals surface area contributed by atoms with Crippen molar-refractivity contribution in [2.75, 3.05) is 7.05 Å². The van der Waals surface area contributed by atoms with Gasteiger partial charge in [-0.3, -0.25) is 14.6 Å². The smallest absolute Gasteiger partial charge is 0.250 e. The Labute approximate surface area is 188 Å². The molecule has 7 nitrogen and oxygen atoms in total. The molecule has 1 aromatic carbocycles. The first-order valence-corrected chi connectivity index (χ1v) is 10.8. The summed E-state index contributed by atoms with van der Waals surface area (Å²) >= 11 is 0. The normalized spacial score (nSPS) is 11.8. The summed E-state index contributed by atoms with van der Waals surface area (Å²) in [6.07, 6.45) is 5.68. The maximum absolute atomic E-state index is 12.8. The topological polar surface area (TPSA) is 101 Å². The first-order chi connectivity index (χ1) is 15.4. The maximum Gasteiger partial charge on any atom is 0.250 e. The van der Waals surface area contributed by atoms with E-state index in [9.17, 15) is 9.59 Å². The fourth-order valence-electron chi connectivity index (χ4n) is 3.31. The lowest BCUT2D eigenvalue weighted by molar-refractivity contribution is 0.0995. The minimum absolute atomic E-state index is 0.0585. The van der Waals surface area contributed by atoms with Gasteiger partial charge in [-0.15, -0.1) is 0 Å². The highest BCUT2D eigenvalue weighted by atomic mass is 16.1. The summed E-state index contributed by atoms with van der Waals surface area (Å²) in [4.78, 5) is 33.6. The minimum atomic E-state index is -0.267. The van der Waals surface area contributed by atoms with Crippen molar-refractivity contribution in [3.63, 3.8) is 0 Å². The second-order valence-corrected chi connectivity index (χ2v) is 8.02. The highest BCUT2D eigenvalue weighted by Gasteiger charge is 2.14. The Morgan fingerprint density at radius 3 is 2.59 bits per heavy atom. The van der Waals surface area contributed by atoms with E-state index in [1.165, 1.54) is 12.3 Å². The van der Waals surface area contributed by atoms with Crippen LogP contribution in [0.2, 0.25) is 0 Å². The predicted octanol–water partition coefficient (Wildman–Crippen LogP) is 3.71. The zero-order chi connectivity index (χ0) is 23.1. The van der Waals surface area contributed by atoms with Crippen molar-refractivity contribution < 1.29 is 4.79 Å². The summed E-state index contributed by atoms with van der Waals surface area (Å²) in [7, 11) is 1.88. The Kier molecular flexibility index (Phi) is 7.78. The van der Waals surface area contributed by atoms with Crippen LogP contribution in [-0.2, 0) is 13.1 Å². The molecule has 0 aliphatic rings. The van der Waals surface area contributed by atoms with Crippen molar-refractivity contribution in [3.05, 3.63) is 82.2 Å². The van der Waals surface area contributed by atoms with Gasteiger partial charge < -0.3 is 15.3 Å². The molecule has 0 fully saturated rings. The van der Waals surface area contributed by atoms with E-state index < -0.39 is 0 Å². The fraction of sp³-hybridized carbons (Fsp3) is 0.320. The van der Waals surface area contributed by atoms with Crippen LogP contribution >= 0.6 is 0 Å². The summed E-state index contributed by atoms with van der Waals surface area (Å²) < 4.78 is 1.67. The molecule has 0 radical (unpaired) electrons. The molecule has 0 saturated carbocycles. The van der Waals surface area contributed by atoms with E-state index in [0.717, 1.165) is 24.1 Å². The second-order valence-electron chi connectivity index (χ2n) is 8.02. The molecule has 3 aromatic rings. The minimum Gasteiger partial charge on any atom is -0.316 e. The van der Waals surface area contributed by atoms with Gasteiger partial charge in [0.2, 0.25) is 0 Å². The van der Waals surface area contributed by atoms with Crippen LogP contribution in [0.4, 0.5) is 0 Å². The number of ketones is 1. The quantitative estimate of drug-likeness (QED) is 0.376. The van der Waals surface area contributed by atoms with Crippen molar-refractivity contribution >= 4 is 11.5 Å². The lowest BCUT2D eigenvalue weighted by Crippen LogP contribution is -2.21. The van der Waals surface area contributed by atoms with Crippen molar-refractivity contribution in [3.8, 4) is 11.3 Å². The molecule has 0 bridgehead atoms. The summed E-state index contributed by atoms with van der Waals surface area (Å²) in [5, 5.41) is 11.4. The largest absolute Gasteiger partial charge is 0.316 e.